The van der Waals surface area contributed by atoms with Crippen LogP contribution in [-0.4, -0.2) is 50.6 Å². The van der Waals surface area contributed by atoms with Gasteiger partial charge in [-0.3, -0.25) is 9.59 Å². The Balaban J connectivity index is 2.08. The van der Waals surface area contributed by atoms with Crippen LogP contribution in [0.1, 0.15) is 58.2 Å². The quantitative estimate of drug-likeness (QED) is 0.229. The molecule has 1 aliphatic carbocycles. The maximum atomic E-state index is 14.0. The van der Waals surface area contributed by atoms with Crippen LogP contribution in [0.3, 0.4) is 0 Å². The Bertz CT molecular complexity index is 1250. The highest BCUT2D eigenvalue weighted by Crippen LogP contribution is 2.38. The van der Waals surface area contributed by atoms with Gasteiger partial charge in [0.25, 0.3) is 0 Å². The number of hydrogen-bond acceptors (Lipinski definition) is 4. The van der Waals surface area contributed by atoms with E-state index in [1.54, 1.807) is 19.1 Å². The molecule has 1 heterocycles. The Morgan fingerprint density at radius 1 is 1.13 bits per heavy atom. The molecule has 38 heavy (non-hydrogen) atoms. The Kier molecular flexibility index (Phi) is 9.54. The molecule has 0 aliphatic heterocycles. The largest absolute Gasteiger partial charge is 0.465 e. The molecule has 9 nitrogen and oxygen atoms in total. The van der Waals surface area contributed by atoms with Crippen molar-refractivity contribution in [2.24, 2.45) is 17.6 Å². The lowest BCUT2D eigenvalue weighted by Crippen LogP contribution is -2.67. The predicted octanol–water partition coefficient (Wildman–Crippen LogP) is 4.32. The Morgan fingerprint density at radius 2 is 1.76 bits per heavy atom. The summed E-state index contributed by atoms with van der Waals surface area (Å²) in [5.41, 5.74) is 7.01. The zero-order valence-electron chi connectivity index (χ0n) is 21.9. The Morgan fingerprint density at radius 3 is 2.34 bits per heavy atom. The number of nitrogens with one attached hydrogen (secondary N) is 4. The van der Waals surface area contributed by atoms with Crippen LogP contribution in [0.4, 0.5) is 4.79 Å². The fraction of sp³-hybridized carbons (Fsp3) is 0.538. The number of thiocarbonyl (C=S) groups is 1. The van der Waals surface area contributed by atoms with E-state index in [2.05, 4.69) is 20.9 Å². The van der Waals surface area contributed by atoms with E-state index in [4.69, 9.17) is 41.2 Å². The first-order valence-corrected chi connectivity index (χ1v) is 13.9. The minimum Gasteiger partial charge on any atom is -0.465 e. The number of H-pyrrole nitrogens is 1. The van der Waals surface area contributed by atoms with E-state index in [0.29, 0.717) is 28.4 Å². The monoisotopic (exact) mass is 583 g/mol. The standard InChI is InChI=1S/C26H35Cl2N5O4S/c1-5-12(3)19(22(29)38)31-24(35)26(33-23(34)20(13(4)6-2)32-25(36)37)8-7-18-16(11-26)15-9-14(27)10-17(28)21(15)30-18/h9-10,12-13,19-20,30,32H,5-8,11H2,1-4H3,(H2,29,38)(H,31,35)(H,33,34)(H,36,37)/t12?,13?,19-,20-,26+/m0/s1. The van der Waals surface area contributed by atoms with Gasteiger partial charge >= 0.3 is 6.09 Å². The molecule has 2 unspecified atom stereocenters. The number of aromatic amines is 1. The van der Waals surface area contributed by atoms with Gasteiger partial charge in [-0.2, -0.15) is 0 Å². The van der Waals surface area contributed by atoms with Gasteiger partial charge in [0.15, 0.2) is 0 Å². The summed E-state index contributed by atoms with van der Waals surface area (Å²) in [6.07, 6.45) is 0.804. The van der Waals surface area contributed by atoms with Crippen molar-refractivity contribution in [2.45, 2.75) is 77.4 Å². The number of fused-ring (bicyclic) bond motifs is 3. The molecular formula is C26H35Cl2N5O4S. The fourth-order valence-electron chi connectivity index (χ4n) is 4.99. The number of carboxylic acid groups (broad SMARTS) is 1. The van der Waals surface area contributed by atoms with Crippen molar-refractivity contribution in [1.29, 1.82) is 0 Å². The van der Waals surface area contributed by atoms with Crippen molar-refractivity contribution in [2.75, 3.05) is 0 Å². The summed E-state index contributed by atoms with van der Waals surface area (Å²) >= 11 is 18.0. The van der Waals surface area contributed by atoms with Gasteiger partial charge in [0.1, 0.15) is 11.6 Å². The zero-order chi connectivity index (χ0) is 28.4. The number of hydrogen-bond donors (Lipinski definition) is 6. The van der Waals surface area contributed by atoms with E-state index in [1.165, 1.54) is 0 Å². The van der Waals surface area contributed by atoms with Crippen LogP contribution < -0.4 is 21.7 Å². The van der Waals surface area contributed by atoms with Gasteiger partial charge in [-0.25, -0.2) is 4.79 Å². The second kappa shape index (κ2) is 12.1. The lowest BCUT2D eigenvalue weighted by Gasteiger charge is -2.39. The summed E-state index contributed by atoms with van der Waals surface area (Å²) in [4.78, 5) is 42.6. The van der Waals surface area contributed by atoms with E-state index in [9.17, 15) is 19.5 Å². The molecule has 3 amide bonds. The van der Waals surface area contributed by atoms with Crippen molar-refractivity contribution in [1.82, 2.24) is 20.9 Å². The first kappa shape index (κ1) is 30.0. The lowest BCUT2D eigenvalue weighted by molar-refractivity contribution is -0.136. The van der Waals surface area contributed by atoms with Crippen LogP contribution in [0.2, 0.25) is 10.0 Å². The van der Waals surface area contributed by atoms with Crippen LogP contribution in [-0.2, 0) is 22.4 Å². The number of halogens is 2. The number of amides is 3. The minimum absolute atomic E-state index is 0.0319. The van der Waals surface area contributed by atoms with E-state index in [-0.39, 0.29) is 29.7 Å². The van der Waals surface area contributed by atoms with Gasteiger partial charge in [-0.05, 0) is 42.4 Å². The lowest BCUT2D eigenvalue weighted by atomic mass is 9.78. The van der Waals surface area contributed by atoms with Crippen molar-refractivity contribution in [3.05, 3.63) is 33.4 Å². The number of aromatic nitrogens is 1. The van der Waals surface area contributed by atoms with Gasteiger partial charge in [0.2, 0.25) is 11.8 Å². The van der Waals surface area contributed by atoms with Crippen molar-refractivity contribution in [3.8, 4) is 0 Å². The number of aryl methyl sites for hydroxylation is 1. The molecule has 0 radical (unpaired) electrons. The number of benzene rings is 1. The molecule has 2 aromatic rings. The number of nitrogens with two attached hydrogens (primary N) is 1. The van der Waals surface area contributed by atoms with Crippen LogP contribution in [0.5, 0.6) is 0 Å². The molecule has 1 aromatic heterocycles. The van der Waals surface area contributed by atoms with Crippen LogP contribution in [0.15, 0.2) is 12.1 Å². The molecular weight excluding hydrogens is 549 g/mol. The molecule has 5 atom stereocenters. The maximum absolute atomic E-state index is 14.0. The molecule has 7 N–H and O–H groups in total. The van der Waals surface area contributed by atoms with Crippen molar-refractivity contribution in [3.63, 3.8) is 0 Å². The highest BCUT2D eigenvalue weighted by atomic mass is 35.5. The van der Waals surface area contributed by atoms with Gasteiger partial charge in [-0.15, -0.1) is 0 Å². The normalized spacial score (nSPS) is 20.1. The van der Waals surface area contributed by atoms with Crippen molar-refractivity contribution < 1.29 is 19.5 Å². The fourth-order valence-corrected chi connectivity index (χ4v) is 5.82. The molecule has 0 bridgehead atoms. The highest BCUT2D eigenvalue weighted by Gasteiger charge is 2.46. The summed E-state index contributed by atoms with van der Waals surface area (Å²) in [6, 6.07) is 1.80. The second-order valence-electron chi connectivity index (χ2n) is 10.2. The van der Waals surface area contributed by atoms with E-state index < -0.39 is 35.5 Å². The number of carbonyl (C=O) groups excluding carboxylic acids is 2. The molecule has 208 valence electrons. The summed E-state index contributed by atoms with van der Waals surface area (Å²) in [7, 11) is 0. The molecule has 1 aliphatic rings. The molecule has 3 rings (SSSR count). The molecule has 0 saturated carbocycles. The first-order valence-electron chi connectivity index (χ1n) is 12.7. The average Bonchev–Trinajstić information content (AvgIpc) is 3.22. The zero-order valence-corrected chi connectivity index (χ0v) is 24.2. The van der Waals surface area contributed by atoms with E-state index >= 15 is 0 Å². The summed E-state index contributed by atoms with van der Waals surface area (Å²) in [5, 5.41) is 19.3. The number of carbonyl (C=O) groups is 3. The highest BCUT2D eigenvalue weighted by molar-refractivity contribution is 7.80. The Labute approximate surface area is 237 Å². The van der Waals surface area contributed by atoms with E-state index in [1.807, 2.05) is 20.8 Å². The molecule has 0 fully saturated rings. The van der Waals surface area contributed by atoms with Gasteiger partial charge in [0, 0.05) is 22.5 Å². The van der Waals surface area contributed by atoms with Gasteiger partial charge in [-0.1, -0.05) is 76.0 Å². The third-order valence-electron chi connectivity index (χ3n) is 7.68. The predicted molar refractivity (Wildman–Crippen MR) is 154 cm³/mol. The topological polar surface area (TPSA) is 149 Å². The van der Waals surface area contributed by atoms with Crippen molar-refractivity contribution >= 4 is 69.2 Å². The number of rotatable bonds is 10. The van der Waals surface area contributed by atoms with Crippen LogP contribution >= 0.6 is 35.4 Å². The third kappa shape index (κ3) is 6.18. The summed E-state index contributed by atoms with van der Waals surface area (Å²) in [5.74, 6) is -1.35. The van der Waals surface area contributed by atoms with Crippen LogP contribution in [0, 0.1) is 11.8 Å². The van der Waals surface area contributed by atoms with Gasteiger partial charge < -0.3 is 31.8 Å². The molecule has 0 saturated heterocycles. The van der Waals surface area contributed by atoms with E-state index in [0.717, 1.165) is 23.1 Å². The van der Waals surface area contributed by atoms with Crippen LogP contribution in [0.25, 0.3) is 10.9 Å². The SMILES string of the molecule is CCC(C)[C@H](NC(=O)O)C(=O)N[C@]1(C(=O)N[C@H](C(N)=S)C(C)CC)CCc2[nH]c3c(Cl)cc(Cl)cc3c2C1. The maximum Gasteiger partial charge on any atom is 0.405 e. The smallest absolute Gasteiger partial charge is 0.405 e. The summed E-state index contributed by atoms with van der Waals surface area (Å²) < 4.78 is 0. The second-order valence-corrected chi connectivity index (χ2v) is 11.5. The minimum atomic E-state index is -1.39. The first-order chi connectivity index (χ1) is 17.8. The molecule has 1 aromatic carbocycles. The summed E-state index contributed by atoms with van der Waals surface area (Å²) in [6.45, 7) is 7.55. The molecule has 0 spiro atoms. The third-order valence-corrected chi connectivity index (χ3v) is 8.45. The van der Waals surface area contributed by atoms with Gasteiger partial charge in [0.05, 0.1) is 21.6 Å². The molecule has 12 heteroatoms. The Hall–Kier alpha value is -2.56. The average molecular weight is 585 g/mol.